The molecule has 0 spiro atoms. The van der Waals surface area contributed by atoms with Crippen LogP contribution in [0, 0.1) is 5.41 Å². The van der Waals surface area contributed by atoms with Gasteiger partial charge >= 0.3 is 0 Å². The lowest BCUT2D eigenvalue weighted by molar-refractivity contribution is -0.0305. The fourth-order valence-electron chi connectivity index (χ4n) is 3.35. The second-order valence-electron chi connectivity index (χ2n) is 7.01. The molecule has 116 valence electrons. The molecule has 20 heavy (non-hydrogen) atoms. The second kappa shape index (κ2) is 6.73. The molecule has 0 aromatic heterocycles. The third-order valence-corrected chi connectivity index (χ3v) is 4.93. The number of hydrogen-bond acceptors (Lipinski definition) is 4. The summed E-state index contributed by atoms with van der Waals surface area (Å²) in [7, 11) is 1.80. The van der Waals surface area contributed by atoms with E-state index in [2.05, 4.69) is 10.2 Å². The van der Waals surface area contributed by atoms with Gasteiger partial charge in [-0.2, -0.15) is 0 Å². The van der Waals surface area contributed by atoms with Gasteiger partial charge in [0.05, 0.1) is 13.2 Å². The summed E-state index contributed by atoms with van der Waals surface area (Å²) in [5.41, 5.74) is 0.331. The minimum absolute atomic E-state index is 0.331. The van der Waals surface area contributed by atoms with Crippen molar-refractivity contribution in [3.63, 3.8) is 0 Å². The topological polar surface area (TPSA) is 33.7 Å². The maximum absolute atomic E-state index is 5.85. The first-order valence-corrected chi connectivity index (χ1v) is 8.35. The molecule has 1 atom stereocenters. The highest BCUT2D eigenvalue weighted by atomic mass is 16.5. The van der Waals surface area contributed by atoms with Crippen LogP contribution in [0.2, 0.25) is 0 Å². The fraction of sp³-hybridized carbons (Fsp3) is 1.00. The smallest absolute Gasteiger partial charge is 0.0589 e. The summed E-state index contributed by atoms with van der Waals surface area (Å²) < 4.78 is 11.1. The molecule has 1 heterocycles. The molecular weight excluding hydrogens is 252 g/mol. The summed E-state index contributed by atoms with van der Waals surface area (Å²) in [6, 6.07) is 1.60. The van der Waals surface area contributed by atoms with Gasteiger partial charge in [-0.25, -0.2) is 0 Å². The van der Waals surface area contributed by atoms with Gasteiger partial charge in [0, 0.05) is 50.8 Å². The first-order valence-electron chi connectivity index (χ1n) is 8.35. The molecule has 1 saturated heterocycles. The van der Waals surface area contributed by atoms with Crippen LogP contribution in [0.15, 0.2) is 0 Å². The van der Waals surface area contributed by atoms with Gasteiger partial charge < -0.3 is 14.8 Å². The SMILES string of the molecule is COCCN(CC1(CNC2CC2)CCCOC1)C1CC1. The number of nitrogens with one attached hydrogen (secondary N) is 1. The molecule has 0 amide bonds. The van der Waals surface area contributed by atoms with Crippen LogP contribution in [-0.4, -0.2) is 63.5 Å². The Morgan fingerprint density at radius 1 is 1.30 bits per heavy atom. The largest absolute Gasteiger partial charge is 0.383 e. The zero-order valence-corrected chi connectivity index (χ0v) is 12.9. The Hall–Kier alpha value is -0.160. The van der Waals surface area contributed by atoms with Gasteiger partial charge in [-0.15, -0.1) is 0 Å². The van der Waals surface area contributed by atoms with Crippen molar-refractivity contribution in [1.82, 2.24) is 10.2 Å². The van der Waals surface area contributed by atoms with E-state index in [1.807, 2.05) is 0 Å². The second-order valence-corrected chi connectivity index (χ2v) is 7.01. The molecule has 2 saturated carbocycles. The van der Waals surface area contributed by atoms with E-state index in [1.54, 1.807) is 7.11 Å². The summed E-state index contributed by atoms with van der Waals surface area (Å²) in [5, 5.41) is 3.75. The van der Waals surface area contributed by atoms with Crippen molar-refractivity contribution in [2.75, 3.05) is 46.6 Å². The molecule has 2 aliphatic carbocycles. The maximum Gasteiger partial charge on any atom is 0.0589 e. The standard InChI is InChI=1S/C16H30N2O2/c1-19-10-8-18(15-5-6-15)12-16(7-2-9-20-13-16)11-17-14-3-4-14/h14-15,17H,2-13H2,1H3. The van der Waals surface area contributed by atoms with Crippen molar-refractivity contribution in [2.45, 2.75) is 50.6 Å². The zero-order chi connectivity index (χ0) is 13.8. The van der Waals surface area contributed by atoms with Crippen LogP contribution in [0.3, 0.4) is 0 Å². The van der Waals surface area contributed by atoms with E-state index in [-0.39, 0.29) is 0 Å². The number of nitrogens with zero attached hydrogens (tertiary/aromatic N) is 1. The molecule has 0 aromatic carbocycles. The Kier molecular flexibility index (Phi) is 4.97. The van der Waals surface area contributed by atoms with Crippen LogP contribution >= 0.6 is 0 Å². The quantitative estimate of drug-likeness (QED) is 0.697. The lowest BCUT2D eigenvalue weighted by Crippen LogP contribution is -2.50. The maximum atomic E-state index is 5.85. The van der Waals surface area contributed by atoms with E-state index >= 15 is 0 Å². The molecule has 1 N–H and O–H groups in total. The van der Waals surface area contributed by atoms with Crippen LogP contribution in [0.4, 0.5) is 0 Å². The van der Waals surface area contributed by atoms with Crippen LogP contribution in [0.25, 0.3) is 0 Å². The Morgan fingerprint density at radius 3 is 2.75 bits per heavy atom. The minimum Gasteiger partial charge on any atom is -0.383 e. The van der Waals surface area contributed by atoms with Crippen molar-refractivity contribution >= 4 is 0 Å². The molecule has 0 aromatic rings. The van der Waals surface area contributed by atoms with Gasteiger partial charge in [0.1, 0.15) is 0 Å². The zero-order valence-electron chi connectivity index (χ0n) is 12.9. The average Bonchev–Trinajstić information content (AvgIpc) is 3.36. The lowest BCUT2D eigenvalue weighted by atomic mass is 9.81. The Labute approximate surface area is 123 Å². The minimum atomic E-state index is 0.331. The molecule has 1 aliphatic heterocycles. The predicted molar refractivity (Wildman–Crippen MR) is 80.0 cm³/mol. The van der Waals surface area contributed by atoms with E-state index in [4.69, 9.17) is 9.47 Å². The Morgan fingerprint density at radius 2 is 2.15 bits per heavy atom. The van der Waals surface area contributed by atoms with Crippen molar-refractivity contribution in [3.8, 4) is 0 Å². The highest BCUT2D eigenvalue weighted by molar-refractivity contribution is 4.94. The van der Waals surface area contributed by atoms with Gasteiger partial charge in [0.15, 0.2) is 0 Å². The van der Waals surface area contributed by atoms with Crippen LogP contribution in [0.1, 0.15) is 38.5 Å². The van der Waals surface area contributed by atoms with Crippen LogP contribution < -0.4 is 5.32 Å². The number of hydrogen-bond donors (Lipinski definition) is 1. The van der Waals surface area contributed by atoms with Gasteiger partial charge in [-0.3, -0.25) is 4.90 Å². The van der Waals surface area contributed by atoms with Crippen LogP contribution in [0.5, 0.6) is 0 Å². The van der Waals surface area contributed by atoms with Gasteiger partial charge in [-0.1, -0.05) is 0 Å². The molecule has 0 bridgehead atoms. The number of rotatable bonds is 9. The predicted octanol–water partition coefficient (Wildman–Crippen LogP) is 1.65. The molecule has 1 unspecified atom stereocenters. The van der Waals surface area contributed by atoms with Gasteiger partial charge in [0.2, 0.25) is 0 Å². The van der Waals surface area contributed by atoms with E-state index in [0.717, 1.165) is 45.0 Å². The summed E-state index contributed by atoms with van der Waals surface area (Å²) in [6.07, 6.45) is 8.01. The first-order chi connectivity index (χ1) is 9.81. The van der Waals surface area contributed by atoms with E-state index < -0.39 is 0 Å². The molecular formula is C16H30N2O2. The summed E-state index contributed by atoms with van der Waals surface area (Å²) in [4.78, 5) is 2.66. The van der Waals surface area contributed by atoms with E-state index in [0.29, 0.717) is 5.41 Å². The van der Waals surface area contributed by atoms with E-state index in [9.17, 15) is 0 Å². The molecule has 3 fully saturated rings. The van der Waals surface area contributed by atoms with E-state index in [1.165, 1.54) is 45.1 Å². The van der Waals surface area contributed by atoms with Crippen molar-refractivity contribution < 1.29 is 9.47 Å². The van der Waals surface area contributed by atoms with Crippen molar-refractivity contribution in [2.24, 2.45) is 5.41 Å². The molecule has 3 rings (SSSR count). The van der Waals surface area contributed by atoms with Gasteiger partial charge in [0.25, 0.3) is 0 Å². The highest BCUT2D eigenvalue weighted by Gasteiger charge is 2.39. The monoisotopic (exact) mass is 282 g/mol. The third kappa shape index (κ3) is 4.17. The summed E-state index contributed by atoms with van der Waals surface area (Å²) in [5.74, 6) is 0. The fourth-order valence-corrected chi connectivity index (χ4v) is 3.35. The Bertz CT molecular complexity index is 297. The van der Waals surface area contributed by atoms with Crippen LogP contribution in [-0.2, 0) is 9.47 Å². The molecule has 4 heteroatoms. The number of methoxy groups -OCH3 is 1. The third-order valence-electron chi connectivity index (χ3n) is 4.93. The molecule has 3 aliphatic rings. The lowest BCUT2D eigenvalue weighted by Gasteiger charge is -2.41. The first kappa shape index (κ1) is 14.8. The summed E-state index contributed by atoms with van der Waals surface area (Å²) in [6.45, 7) is 6.13. The normalized spacial score (nSPS) is 30.9. The van der Waals surface area contributed by atoms with Crippen molar-refractivity contribution in [1.29, 1.82) is 0 Å². The Balaban J connectivity index is 1.57. The average molecular weight is 282 g/mol. The molecule has 0 radical (unpaired) electrons. The highest BCUT2D eigenvalue weighted by Crippen LogP contribution is 2.35. The van der Waals surface area contributed by atoms with Crippen molar-refractivity contribution in [3.05, 3.63) is 0 Å². The molecule has 4 nitrogen and oxygen atoms in total. The number of ether oxygens (including phenoxy) is 2. The van der Waals surface area contributed by atoms with Gasteiger partial charge in [-0.05, 0) is 38.5 Å². The summed E-state index contributed by atoms with van der Waals surface area (Å²) >= 11 is 0.